The average molecular weight is 282 g/mol. The number of aromatic nitrogens is 2. The molecule has 1 aliphatic carbocycles. The molecule has 0 bridgehead atoms. The van der Waals surface area contributed by atoms with E-state index in [1.165, 1.54) is 31.2 Å². The van der Waals surface area contributed by atoms with Crippen molar-refractivity contribution >= 4 is 12.4 Å². The second-order valence-electron chi connectivity index (χ2n) is 4.95. The predicted octanol–water partition coefficient (Wildman–Crippen LogP) is 3.30. The predicted molar refractivity (Wildman–Crippen MR) is 76.2 cm³/mol. The molecule has 1 saturated carbocycles. The van der Waals surface area contributed by atoms with Gasteiger partial charge in [0.05, 0.1) is 25.0 Å². The van der Waals surface area contributed by atoms with Gasteiger partial charge in [-0.25, -0.2) is 0 Å². The Hall–Kier alpha value is -1.26. The Bertz CT molecular complexity index is 475. The molecule has 19 heavy (non-hydrogen) atoms. The zero-order valence-corrected chi connectivity index (χ0v) is 11.7. The molecule has 1 N–H and O–H groups in total. The lowest BCUT2D eigenvalue weighted by Gasteiger charge is -2.08. The molecule has 0 unspecified atom stereocenters. The number of halogens is 1. The van der Waals surface area contributed by atoms with Crippen molar-refractivity contribution in [1.29, 1.82) is 0 Å². The van der Waals surface area contributed by atoms with Gasteiger partial charge in [-0.3, -0.25) is 4.68 Å². The van der Waals surface area contributed by atoms with Crippen LogP contribution in [0.25, 0.3) is 0 Å². The number of furan rings is 1. The van der Waals surface area contributed by atoms with Crippen LogP contribution in [0.3, 0.4) is 0 Å². The first-order chi connectivity index (χ1) is 8.92. The van der Waals surface area contributed by atoms with Crippen molar-refractivity contribution < 1.29 is 4.42 Å². The van der Waals surface area contributed by atoms with Crippen molar-refractivity contribution in [2.45, 2.75) is 44.8 Å². The lowest BCUT2D eigenvalue weighted by Crippen LogP contribution is -2.11. The number of nitrogens with zero attached hydrogens (tertiary/aromatic N) is 2. The van der Waals surface area contributed by atoms with E-state index in [-0.39, 0.29) is 12.4 Å². The summed E-state index contributed by atoms with van der Waals surface area (Å²) >= 11 is 0. The monoisotopic (exact) mass is 281 g/mol. The average Bonchev–Trinajstić information content (AvgIpc) is 3.12. The van der Waals surface area contributed by atoms with Crippen molar-refractivity contribution in [2.75, 3.05) is 0 Å². The first-order valence-corrected chi connectivity index (χ1v) is 6.68. The highest BCUT2D eigenvalue weighted by atomic mass is 35.5. The SMILES string of the molecule is Cl.c1coc(CNCc2cnn(C3CCCC3)c2)c1. The van der Waals surface area contributed by atoms with E-state index >= 15 is 0 Å². The lowest BCUT2D eigenvalue weighted by atomic mass is 10.2. The summed E-state index contributed by atoms with van der Waals surface area (Å²) in [5, 5.41) is 7.83. The Morgan fingerprint density at radius 2 is 2.16 bits per heavy atom. The van der Waals surface area contributed by atoms with Crippen LogP contribution in [-0.4, -0.2) is 9.78 Å². The van der Waals surface area contributed by atoms with Gasteiger partial charge < -0.3 is 9.73 Å². The molecule has 0 saturated heterocycles. The maximum Gasteiger partial charge on any atom is 0.117 e. The van der Waals surface area contributed by atoms with E-state index in [2.05, 4.69) is 21.3 Å². The van der Waals surface area contributed by atoms with Crippen LogP contribution in [0, 0.1) is 0 Å². The van der Waals surface area contributed by atoms with E-state index < -0.39 is 0 Å². The normalized spacial score (nSPS) is 15.6. The Morgan fingerprint density at radius 1 is 1.32 bits per heavy atom. The van der Waals surface area contributed by atoms with E-state index in [9.17, 15) is 0 Å². The molecule has 0 spiro atoms. The van der Waals surface area contributed by atoms with Gasteiger partial charge in [0, 0.05) is 18.3 Å². The molecular formula is C14H20ClN3O. The van der Waals surface area contributed by atoms with Gasteiger partial charge >= 0.3 is 0 Å². The lowest BCUT2D eigenvalue weighted by molar-refractivity contribution is 0.465. The third-order valence-corrected chi connectivity index (χ3v) is 3.56. The molecule has 2 heterocycles. The highest BCUT2D eigenvalue weighted by Gasteiger charge is 2.17. The minimum Gasteiger partial charge on any atom is -0.468 e. The number of nitrogens with one attached hydrogen (secondary N) is 1. The summed E-state index contributed by atoms with van der Waals surface area (Å²) in [5.74, 6) is 0.971. The van der Waals surface area contributed by atoms with Crippen LogP contribution < -0.4 is 5.32 Å². The summed E-state index contributed by atoms with van der Waals surface area (Å²) in [7, 11) is 0. The third kappa shape index (κ3) is 3.61. The molecule has 0 radical (unpaired) electrons. The van der Waals surface area contributed by atoms with Gasteiger partial charge in [0.15, 0.2) is 0 Å². The Kier molecular flexibility index (Phi) is 5.05. The molecule has 104 valence electrons. The minimum absolute atomic E-state index is 0. The summed E-state index contributed by atoms with van der Waals surface area (Å²) in [6.45, 7) is 1.61. The highest BCUT2D eigenvalue weighted by Crippen LogP contribution is 2.28. The van der Waals surface area contributed by atoms with Crippen molar-refractivity contribution in [1.82, 2.24) is 15.1 Å². The topological polar surface area (TPSA) is 43.0 Å². The Labute approximate surface area is 119 Å². The summed E-state index contributed by atoms with van der Waals surface area (Å²) < 4.78 is 7.41. The van der Waals surface area contributed by atoms with Crippen LogP contribution in [0.15, 0.2) is 35.2 Å². The molecule has 1 aliphatic rings. The Balaban J connectivity index is 0.00000133. The molecule has 0 atom stereocenters. The van der Waals surface area contributed by atoms with Gasteiger partial charge in [-0.05, 0) is 25.0 Å². The zero-order valence-electron chi connectivity index (χ0n) is 10.9. The van der Waals surface area contributed by atoms with Crippen LogP contribution in [0.4, 0.5) is 0 Å². The summed E-state index contributed by atoms with van der Waals surface area (Å²) in [5.41, 5.74) is 1.24. The molecule has 5 heteroatoms. The second-order valence-corrected chi connectivity index (χ2v) is 4.95. The van der Waals surface area contributed by atoms with Gasteiger partial charge in [-0.15, -0.1) is 12.4 Å². The molecule has 0 aromatic carbocycles. The second kappa shape index (κ2) is 6.78. The van der Waals surface area contributed by atoms with Crippen LogP contribution in [0.1, 0.15) is 43.0 Å². The summed E-state index contributed by atoms with van der Waals surface area (Å²) in [4.78, 5) is 0. The van der Waals surface area contributed by atoms with E-state index in [1.54, 1.807) is 6.26 Å². The van der Waals surface area contributed by atoms with Crippen LogP contribution in [0.5, 0.6) is 0 Å². The van der Waals surface area contributed by atoms with Gasteiger partial charge in [0.1, 0.15) is 5.76 Å². The first-order valence-electron chi connectivity index (χ1n) is 6.68. The third-order valence-electron chi connectivity index (χ3n) is 3.56. The van der Waals surface area contributed by atoms with E-state index in [1.807, 2.05) is 18.3 Å². The molecule has 1 fully saturated rings. The molecule has 0 aliphatic heterocycles. The van der Waals surface area contributed by atoms with E-state index in [4.69, 9.17) is 4.42 Å². The van der Waals surface area contributed by atoms with Crippen LogP contribution >= 0.6 is 12.4 Å². The van der Waals surface area contributed by atoms with Crippen molar-refractivity contribution in [3.63, 3.8) is 0 Å². The molecule has 0 amide bonds. The van der Waals surface area contributed by atoms with E-state index in [0.717, 1.165) is 18.8 Å². The summed E-state index contributed by atoms with van der Waals surface area (Å²) in [6, 6.07) is 4.52. The molecular weight excluding hydrogens is 262 g/mol. The molecule has 2 aromatic rings. The number of hydrogen-bond donors (Lipinski definition) is 1. The largest absolute Gasteiger partial charge is 0.468 e. The number of hydrogen-bond acceptors (Lipinski definition) is 3. The van der Waals surface area contributed by atoms with Gasteiger partial charge in [0.2, 0.25) is 0 Å². The van der Waals surface area contributed by atoms with Crippen molar-refractivity contribution in [3.8, 4) is 0 Å². The van der Waals surface area contributed by atoms with Crippen molar-refractivity contribution in [2.24, 2.45) is 0 Å². The van der Waals surface area contributed by atoms with Gasteiger partial charge in [-0.1, -0.05) is 12.8 Å². The molecule has 2 aromatic heterocycles. The van der Waals surface area contributed by atoms with Crippen LogP contribution in [-0.2, 0) is 13.1 Å². The molecule has 3 rings (SSSR count). The molecule has 4 nitrogen and oxygen atoms in total. The van der Waals surface area contributed by atoms with Crippen LogP contribution in [0.2, 0.25) is 0 Å². The summed E-state index contributed by atoms with van der Waals surface area (Å²) in [6.07, 6.45) is 11.1. The van der Waals surface area contributed by atoms with E-state index in [0.29, 0.717) is 6.04 Å². The maximum atomic E-state index is 5.27. The van der Waals surface area contributed by atoms with Crippen molar-refractivity contribution in [3.05, 3.63) is 42.1 Å². The minimum atomic E-state index is 0. The van der Waals surface area contributed by atoms with Gasteiger partial charge in [0.25, 0.3) is 0 Å². The smallest absolute Gasteiger partial charge is 0.117 e. The fourth-order valence-corrected chi connectivity index (χ4v) is 2.58. The maximum absolute atomic E-state index is 5.27. The quantitative estimate of drug-likeness (QED) is 0.914. The zero-order chi connectivity index (χ0) is 12.2. The fraction of sp³-hybridized carbons (Fsp3) is 0.500. The first kappa shape index (κ1) is 14.2. The van der Waals surface area contributed by atoms with Gasteiger partial charge in [-0.2, -0.15) is 5.10 Å². The fourth-order valence-electron chi connectivity index (χ4n) is 2.58. The standard InChI is InChI=1S/C14H19N3O.ClH/c1-2-5-13(4-1)17-11-12(9-16-17)8-15-10-14-6-3-7-18-14;/h3,6-7,9,11,13,15H,1-2,4-5,8,10H2;1H. The highest BCUT2D eigenvalue weighted by molar-refractivity contribution is 5.85. The number of rotatable bonds is 5. The Morgan fingerprint density at radius 3 is 2.89 bits per heavy atom.